The smallest absolute Gasteiger partial charge is 0.396 e. The molecule has 0 unspecified atom stereocenters. The van der Waals surface area contributed by atoms with Gasteiger partial charge in [-0.1, -0.05) is 6.07 Å². The van der Waals surface area contributed by atoms with Gasteiger partial charge in [0, 0.05) is 30.6 Å². The molecular formula is C20H27F3N2O2. The van der Waals surface area contributed by atoms with Gasteiger partial charge in [0.05, 0.1) is 12.2 Å². The predicted molar refractivity (Wildman–Crippen MR) is 96.5 cm³/mol. The van der Waals surface area contributed by atoms with Crippen molar-refractivity contribution in [3.8, 4) is 0 Å². The molecule has 2 saturated heterocycles. The van der Waals surface area contributed by atoms with Gasteiger partial charge in [-0.15, -0.1) is 0 Å². The van der Waals surface area contributed by atoms with Gasteiger partial charge in [-0.05, 0) is 63.4 Å². The maximum absolute atomic E-state index is 13.0. The van der Waals surface area contributed by atoms with Gasteiger partial charge in [-0.3, -0.25) is 4.79 Å². The number of likely N-dealkylation sites (tertiary alicyclic amines) is 2. The molecule has 0 aliphatic carbocycles. The van der Waals surface area contributed by atoms with Crippen molar-refractivity contribution in [3.63, 3.8) is 0 Å². The van der Waals surface area contributed by atoms with E-state index in [9.17, 15) is 23.1 Å². The molecule has 1 aromatic rings. The first-order chi connectivity index (χ1) is 12.7. The van der Waals surface area contributed by atoms with Crippen LogP contribution in [0.25, 0.3) is 0 Å². The summed E-state index contributed by atoms with van der Waals surface area (Å²) in [6.45, 7) is 5.58. The van der Waals surface area contributed by atoms with Gasteiger partial charge in [0.2, 0.25) is 0 Å². The van der Waals surface area contributed by atoms with Crippen molar-refractivity contribution in [1.29, 1.82) is 0 Å². The minimum Gasteiger partial charge on any atom is -0.396 e. The molecule has 0 atom stereocenters. The zero-order valence-corrected chi connectivity index (χ0v) is 15.7. The second-order valence-electron chi connectivity index (χ2n) is 7.96. The van der Waals surface area contributed by atoms with E-state index in [1.165, 1.54) is 18.9 Å². The fraction of sp³-hybridized carbons (Fsp3) is 0.650. The standard InChI is InChI=1S/C20H27F3N2O2/c1-15-4-5-16(20(21,22)23)12-17(15)18(27)25-10-6-19(14-26,7-11-25)13-24-8-2-3-9-24/h4-5,12,26H,2-3,6-11,13-14H2,1H3. The largest absolute Gasteiger partial charge is 0.416 e. The summed E-state index contributed by atoms with van der Waals surface area (Å²) >= 11 is 0. The van der Waals surface area contributed by atoms with E-state index in [2.05, 4.69) is 4.90 Å². The number of hydrogen-bond donors (Lipinski definition) is 1. The molecule has 4 nitrogen and oxygen atoms in total. The van der Waals surface area contributed by atoms with Crippen LogP contribution in [-0.4, -0.2) is 60.1 Å². The first-order valence-corrected chi connectivity index (χ1v) is 9.54. The van der Waals surface area contributed by atoms with Gasteiger partial charge in [0.1, 0.15) is 0 Å². The SMILES string of the molecule is Cc1ccc(C(F)(F)F)cc1C(=O)N1CCC(CO)(CN2CCCC2)CC1. The van der Waals surface area contributed by atoms with E-state index >= 15 is 0 Å². The molecule has 2 fully saturated rings. The summed E-state index contributed by atoms with van der Waals surface area (Å²) in [5.41, 5.74) is -0.360. The highest BCUT2D eigenvalue weighted by Gasteiger charge is 2.38. The number of benzene rings is 1. The van der Waals surface area contributed by atoms with E-state index in [4.69, 9.17) is 0 Å². The van der Waals surface area contributed by atoms with Crippen LogP contribution in [-0.2, 0) is 6.18 Å². The van der Waals surface area contributed by atoms with Crippen molar-refractivity contribution in [2.75, 3.05) is 39.3 Å². The Morgan fingerprint density at radius 1 is 1.15 bits per heavy atom. The topological polar surface area (TPSA) is 43.8 Å². The Morgan fingerprint density at radius 3 is 2.33 bits per heavy atom. The van der Waals surface area contributed by atoms with Crippen LogP contribution < -0.4 is 0 Å². The molecule has 0 saturated carbocycles. The summed E-state index contributed by atoms with van der Waals surface area (Å²) < 4.78 is 39.0. The molecule has 7 heteroatoms. The Balaban J connectivity index is 1.69. The lowest BCUT2D eigenvalue weighted by Crippen LogP contribution is -2.49. The highest BCUT2D eigenvalue weighted by atomic mass is 19.4. The predicted octanol–water partition coefficient (Wildman–Crippen LogP) is 3.32. The molecule has 0 aromatic heterocycles. The quantitative estimate of drug-likeness (QED) is 0.866. The average molecular weight is 384 g/mol. The van der Waals surface area contributed by atoms with Crippen LogP contribution in [0.1, 0.15) is 47.2 Å². The number of nitrogens with zero attached hydrogens (tertiary/aromatic N) is 2. The zero-order chi connectivity index (χ0) is 19.7. The number of amides is 1. The first kappa shape index (κ1) is 20.1. The van der Waals surface area contributed by atoms with E-state index < -0.39 is 11.7 Å². The van der Waals surface area contributed by atoms with Crippen molar-refractivity contribution in [2.45, 2.75) is 38.8 Å². The molecular weight excluding hydrogens is 357 g/mol. The van der Waals surface area contributed by atoms with E-state index in [0.29, 0.717) is 31.5 Å². The van der Waals surface area contributed by atoms with Gasteiger partial charge in [-0.2, -0.15) is 13.2 Å². The number of aliphatic hydroxyl groups is 1. The normalized spacial score (nSPS) is 20.9. The van der Waals surface area contributed by atoms with E-state index in [-0.39, 0.29) is 23.5 Å². The fourth-order valence-corrected chi connectivity index (χ4v) is 4.16. The number of carbonyl (C=O) groups is 1. The minimum atomic E-state index is -4.47. The molecule has 1 amide bonds. The third-order valence-electron chi connectivity index (χ3n) is 6.00. The molecule has 0 bridgehead atoms. The lowest BCUT2D eigenvalue weighted by molar-refractivity contribution is -0.137. The second-order valence-corrected chi connectivity index (χ2v) is 7.96. The Hall–Kier alpha value is -1.60. The summed E-state index contributed by atoms with van der Waals surface area (Å²) in [5, 5.41) is 9.96. The zero-order valence-electron chi connectivity index (χ0n) is 15.7. The number of carbonyl (C=O) groups excluding carboxylic acids is 1. The van der Waals surface area contributed by atoms with Gasteiger partial charge < -0.3 is 14.9 Å². The van der Waals surface area contributed by atoms with Crippen LogP contribution in [0, 0.1) is 12.3 Å². The Morgan fingerprint density at radius 2 is 1.78 bits per heavy atom. The summed E-state index contributed by atoms with van der Waals surface area (Å²) in [6, 6.07) is 3.32. The lowest BCUT2D eigenvalue weighted by Gasteiger charge is -2.42. The number of piperidine rings is 1. The van der Waals surface area contributed by atoms with Crippen LogP contribution in [0.4, 0.5) is 13.2 Å². The third-order valence-corrected chi connectivity index (χ3v) is 6.00. The van der Waals surface area contributed by atoms with Crippen molar-refractivity contribution < 1.29 is 23.1 Å². The molecule has 1 N–H and O–H groups in total. The fourth-order valence-electron chi connectivity index (χ4n) is 4.16. The number of hydrogen-bond acceptors (Lipinski definition) is 3. The van der Waals surface area contributed by atoms with Crippen molar-refractivity contribution in [2.24, 2.45) is 5.41 Å². The van der Waals surface area contributed by atoms with Crippen LogP contribution in [0.3, 0.4) is 0 Å². The number of aryl methyl sites for hydroxylation is 1. The van der Waals surface area contributed by atoms with E-state index in [1.807, 2.05) is 0 Å². The van der Waals surface area contributed by atoms with E-state index in [1.54, 1.807) is 11.8 Å². The number of halogens is 3. The molecule has 3 rings (SSSR count). The summed E-state index contributed by atoms with van der Waals surface area (Å²) in [6.07, 6.45) is -0.762. The van der Waals surface area contributed by atoms with Gasteiger partial charge in [0.15, 0.2) is 0 Å². The number of alkyl halides is 3. The number of aliphatic hydroxyl groups excluding tert-OH is 1. The Kier molecular flexibility index (Phi) is 5.82. The van der Waals surface area contributed by atoms with Crippen molar-refractivity contribution >= 4 is 5.91 Å². The van der Waals surface area contributed by atoms with E-state index in [0.717, 1.165) is 31.8 Å². The average Bonchev–Trinajstić information content (AvgIpc) is 3.14. The highest BCUT2D eigenvalue weighted by Crippen LogP contribution is 2.35. The first-order valence-electron chi connectivity index (χ1n) is 9.54. The maximum Gasteiger partial charge on any atom is 0.416 e. The molecule has 2 aliphatic heterocycles. The molecule has 2 heterocycles. The van der Waals surface area contributed by atoms with Gasteiger partial charge in [-0.25, -0.2) is 0 Å². The maximum atomic E-state index is 13.0. The Labute approximate surface area is 158 Å². The third kappa shape index (κ3) is 4.46. The van der Waals surface area contributed by atoms with Gasteiger partial charge >= 0.3 is 6.18 Å². The molecule has 27 heavy (non-hydrogen) atoms. The molecule has 0 spiro atoms. The van der Waals surface area contributed by atoms with Crippen LogP contribution in [0.15, 0.2) is 18.2 Å². The second kappa shape index (κ2) is 7.80. The van der Waals surface area contributed by atoms with Crippen LogP contribution in [0.2, 0.25) is 0 Å². The van der Waals surface area contributed by atoms with Crippen LogP contribution >= 0.6 is 0 Å². The molecule has 2 aliphatic rings. The highest BCUT2D eigenvalue weighted by molar-refractivity contribution is 5.96. The minimum absolute atomic E-state index is 0.0775. The molecule has 150 valence electrons. The molecule has 0 radical (unpaired) electrons. The Bertz CT molecular complexity index is 676. The number of rotatable bonds is 4. The van der Waals surface area contributed by atoms with Crippen molar-refractivity contribution in [3.05, 3.63) is 34.9 Å². The monoisotopic (exact) mass is 384 g/mol. The lowest BCUT2D eigenvalue weighted by atomic mass is 9.78. The summed E-state index contributed by atoms with van der Waals surface area (Å²) in [5.74, 6) is -0.355. The van der Waals surface area contributed by atoms with Gasteiger partial charge in [0.25, 0.3) is 5.91 Å². The summed E-state index contributed by atoms with van der Waals surface area (Å²) in [7, 11) is 0. The molecule has 1 aromatic carbocycles. The van der Waals surface area contributed by atoms with Crippen molar-refractivity contribution in [1.82, 2.24) is 9.80 Å². The van der Waals surface area contributed by atoms with Crippen LogP contribution in [0.5, 0.6) is 0 Å². The summed E-state index contributed by atoms with van der Waals surface area (Å²) in [4.78, 5) is 16.8.